The van der Waals surface area contributed by atoms with Crippen molar-refractivity contribution in [2.24, 2.45) is 11.7 Å². The molecule has 3 rings (SSSR count). The Morgan fingerprint density at radius 3 is 2.58 bits per heavy atom. The van der Waals surface area contributed by atoms with Gasteiger partial charge < -0.3 is 11.1 Å². The Bertz CT molecular complexity index is 778. The molecule has 3 N–H and O–H groups in total. The molecular weight excluding hydrogens is 368 g/mol. The highest BCUT2D eigenvalue weighted by molar-refractivity contribution is 6.30. The smallest absolute Gasteiger partial charge is 0.327 e. The van der Waals surface area contributed by atoms with Crippen LogP contribution in [0.25, 0.3) is 0 Å². The lowest BCUT2D eigenvalue weighted by Gasteiger charge is -2.25. The molecule has 0 saturated carbocycles. The molecule has 7 heteroatoms. The molecule has 140 valence electrons. The van der Waals surface area contributed by atoms with Crippen molar-refractivity contribution in [2.75, 3.05) is 13.1 Å². The average molecular weight is 387 g/mol. The monoisotopic (exact) mass is 386 g/mol. The third-order valence-electron chi connectivity index (χ3n) is 4.90. The zero-order valence-corrected chi connectivity index (χ0v) is 14.6. The summed E-state index contributed by atoms with van der Waals surface area (Å²) in [6, 6.07) is 10.3. The number of nitrogens with two attached hydrogens (primary N) is 1. The molecule has 26 heavy (non-hydrogen) atoms. The molecule has 0 spiro atoms. The van der Waals surface area contributed by atoms with E-state index in [2.05, 4.69) is 5.32 Å². The predicted octanol–water partition coefficient (Wildman–Crippen LogP) is 4.37. The van der Waals surface area contributed by atoms with Crippen LogP contribution in [0.1, 0.15) is 22.6 Å². The van der Waals surface area contributed by atoms with Gasteiger partial charge >= 0.3 is 6.18 Å². The van der Waals surface area contributed by atoms with Gasteiger partial charge in [0.1, 0.15) is 5.82 Å². The van der Waals surface area contributed by atoms with E-state index in [1.807, 2.05) is 18.2 Å². The number of nitrogens with one attached hydrogen (secondary N) is 1. The van der Waals surface area contributed by atoms with Gasteiger partial charge in [0.25, 0.3) is 0 Å². The molecule has 0 aromatic heterocycles. The first-order valence-electron chi connectivity index (χ1n) is 8.33. The van der Waals surface area contributed by atoms with Crippen LogP contribution in [-0.2, 0) is 12.6 Å². The minimum absolute atomic E-state index is 0.0822. The van der Waals surface area contributed by atoms with E-state index in [0.29, 0.717) is 23.6 Å². The third-order valence-corrected chi connectivity index (χ3v) is 5.13. The van der Waals surface area contributed by atoms with Crippen molar-refractivity contribution in [3.63, 3.8) is 0 Å². The Morgan fingerprint density at radius 1 is 1.15 bits per heavy atom. The van der Waals surface area contributed by atoms with Gasteiger partial charge in [-0.25, -0.2) is 4.39 Å². The van der Waals surface area contributed by atoms with E-state index in [0.717, 1.165) is 24.2 Å². The Balaban J connectivity index is 1.75. The van der Waals surface area contributed by atoms with Crippen LogP contribution >= 0.6 is 11.6 Å². The summed E-state index contributed by atoms with van der Waals surface area (Å²) < 4.78 is 51.8. The summed E-state index contributed by atoms with van der Waals surface area (Å²) in [5, 5.41) is 3.95. The lowest BCUT2D eigenvalue weighted by atomic mass is 9.82. The van der Waals surface area contributed by atoms with Crippen LogP contribution in [0.3, 0.4) is 0 Å². The molecule has 0 bridgehead atoms. The third kappa shape index (κ3) is 4.19. The van der Waals surface area contributed by atoms with Gasteiger partial charge in [-0.15, -0.1) is 0 Å². The predicted molar refractivity (Wildman–Crippen MR) is 93.6 cm³/mol. The minimum atomic E-state index is -4.70. The number of hydrogen-bond donors (Lipinski definition) is 2. The number of hydrogen-bond acceptors (Lipinski definition) is 2. The van der Waals surface area contributed by atoms with Crippen molar-refractivity contribution < 1.29 is 17.6 Å². The lowest BCUT2D eigenvalue weighted by molar-refractivity contribution is -0.140. The van der Waals surface area contributed by atoms with E-state index in [4.69, 9.17) is 17.3 Å². The molecule has 1 aliphatic heterocycles. The summed E-state index contributed by atoms with van der Waals surface area (Å²) in [6.45, 7) is 1.45. The Hall–Kier alpha value is -1.63. The average Bonchev–Trinajstić information content (AvgIpc) is 3.03. The summed E-state index contributed by atoms with van der Waals surface area (Å²) in [5.41, 5.74) is 6.61. The van der Waals surface area contributed by atoms with Crippen molar-refractivity contribution in [1.29, 1.82) is 0 Å². The number of benzene rings is 2. The van der Waals surface area contributed by atoms with Gasteiger partial charge in [-0.2, -0.15) is 13.2 Å². The van der Waals surface area contributed by atoms with Crippen LogP contribution < -0.4 is 11.1 Å². The molecule has 3 atom stereocenters. The summed E-state index contributed by atoms with van der Waals surface area (Å²) >= 11 is 6.06. The highest BCUT2D eigenvalue weighted by Crippen LogP contribution is 2.34. The summed E-state index contributed by atoms with van der Waals surface area (Å²) in [5.74, 6) is -1.03. The van der Waals surface area contributed by atoms with E-state index >= 15 is 0 Å². The van der Waals surface area contributed by atoms with Crippen LogP contribution in [-0.4, -0.2) is 19.1 Å². The van der Waals surface area contributed by atoms with Gasteiger partial charge in [-0.1, -0.05) is 29.8 Å². The Labute approximate surface area is 154 Å². The first-order valence-corrected chi connectivity index (χ1v) is 8.71. The highest BCUT2D eigenvalue weighted by Gasteiger charge is 2.35. The number of rotatable bonds is 4. The fraction of sp³-hybridized carbons (Fsp3) is 0.368. The Morgan fingerprint density at radius 2 is 1.92 bits per heavy atom. The molecule has 1 fully saturated rings. The first-order chi connectivity index (χ1) is 12.3. The van der Waals surface area contributed by atoms with E-state index in [1.165, 1.54) is 6.07 Å². The maximum absolute atomic E-state index is 13.8. The number of alkyl halides is 3. The van der Waals surface area contributed by atoms with Gasteiger partial charge in [-0.05, 0) is 47.7 Å². The van der Waals surface area contributed by atoms with E-state index in [-0.39, 0.29) is 17.9 Å². The van der Waals surface area contributed by atoms with Crippen molar-refractivity contribution >= 4 is 11.6 Å². The zero-order chi connectivity index (χ0) is 18.9. The van der Waals surface area contributed by atoms with Crippen molar-refractivity contribution in [2.45, 2.75) is 24.6 Å². The molecule has 3 unspecified atom stereocenters. The van der Waals surface area contributed by atoms with Crippen LogP contribution in [0, 0.1) is 11.7 Å². The maximum Gasteiger partial charge on any atom is 0.419 e. The largest absolute Gasteiger partial charge is 0.419 e. The van der Waals surface area contributed by atoms with Crippen LogP contribution in [0.4, 0.5) is 17.6 Å². The number of halogens is 5. The van der Waals surface area contributed by atoms with Gasteiger partial charge in [0, 0.05) is 30.1 Å². The second-order valence-corrected chi connectivity index (χ2v) is 7.10. The van der Waals surface area contributed by atoms with E-state index < -0.39 is 17.6 Å². The molecular formula is C19H19ClF4N2. The van der Waals surface area contributed by atoms with E-state index in [9.17, 15) is 17.6 Å². The van der Waals surface area contributed by atoms with Gasteiger partial charge in [0.2, 0.25) is 0 Å². The summed E-state index contributed by atoms with van der Waals surface area (Å²) in [7, 11) is 0. The molecule has 2 aromatic carbocycles. The van der Waals surface area contributed by atoms with Crippen molar-refractivity contribution in [1.82, 2.24) is 5.32 Å². The van der Waals surface area contributed by atoms with Crippen LogP contribution in [0.15, 0.2) is 42.5 Å². The van der Waals surface area contributed by atoms with Crippen LogP contribution in [0.5, 0.6) is 0 Å². The molecule has 0 radical (unpaired) electrons. The first kappa shape index (κ1) is 19.1. The second kappa shape index (κ2) is 7.55. The fourth-order valence-electron chi connectivity index (χ4n) is 3.59. The molecule has 0 amide bonds. The molecule has 0 aliphatic carbocycles. The van der Waals surface area contributed by atoms with Gasteiger partial charge in [-0.3, -0.25) is 0 Å². The quantitative estimate of drug-likeness (QED) is 0.766. The van der Waals surface area contributed by atoms with Gasteiger partial charge in [0.15, 0.2) is 0 Å². The minimum Gasteiger partial charge on any atom is -0.327 e. The summed E-state index contributed by atoms with van der Waals surface area (Å²) in [4.78, 5) is 0. The molecule has 1 heterocycles. The van der Waals surface area contributed by atoms with E-state index in [1.54, 1.807) is 6.07 Å². The normalized spacial score (nSPS) is 21.8. The van der Waals surface area contributed by atoms with Crippen molar-refractivity contribution in [3.05, 3.63) is 70.0 Å². The molecule has 1 aliphatic rings. The maximum atomic E-state index is 13.8. The second-order valence-electron chi connectivity index (χ2n) is 6.66. The molecule has 1 saturated heterocycles. The SMILES string of the molecule is NC(Cc1ccc(C(F)(F)F)c(F)c1)C1CNCC1c1cccc(Cl)c1. The zero-order valence-electron chi connectivity index (χ0n) is 13.9. The highest BCUT2D eigenvalue weighted by atomic mass is 35.5. The summed E-state index contributed by atoms with van der Waals surface area (Å²) in [6.07, 6.45) is -4.39. The molecule has 2 nitrogen and oxygen atoms in total. The Kier molecular flexibility index (Phi) is 5.55. The fourth-order valence-corrected chi connectivity index (χ4v) is 3.79. The van der Waals surface area contributed by atoms with Crippen molar-refractivity contribution in [3.8, 4) is 0 Å². The van der Waals surface area contributed by atoms with Gasteiger partial charge in [0.05, 0.1) is 5.56 Å². The van der Waals surface area contributed by atoms with Crippen LogP contribution in [0.2, 0.25) is 5.02 Å². The lowest BCUT2D eigenvalue weighted by Crippen LogP contribution is -2.36. The molecule has 2 aromatic rings. The standard InChI is InChI=1S/C19H19ClF4N2/c20-13-3-1-2-12(8-13)14-9-26-10-15(14)18(25)7-11-4-5-16(17(21)6-11)19(22,23)24/h1-6,8,14-15,18,26H,7,9-10,25H2. The topological polar surface area (TPSA) is 38.0 Å².